The van der Waals surface area contributed by atoms with Crippen molar-refractivity contribution in [2.24, 2.45) is 0 Å². The number of hydrogen-bond donors (Lipinski definition) is 2. The molecule has 0 amide bonds. The number of hydrogen-bond acceptors (Lipinski definition) is 3. The Morgan fingerprint density at radius 1 is 1.53 bits per heavy atom. The average molecular weight is 256 g/mol. The van der Waals surface area contributed by atoms with Crippen LogP contribution in [0.2, 0.25) is 5.15 Å². The van der Waals surface area contributed by atoms with E-state index in [4.69, 9.17) is 17.0 Å². The molecular formula is C13H22ClN3. The molecule has 0 aliphatic carbocycles. The van der Waals surface area contributed by atoms with E-state index in [0.29, 0.717) is 16.9 Å². The summed E-state index contributed by atoms with van der Waals surface area (Å²) in [6.45, 7) is 9.95. The first-order valence-corrected chi connectivity index (χ1v) is 6.40. The summed E-state index contributed by atoms with van der Waals surface area (Å²) in [5.41, 5.74) is 2.18. The Kier molecular flexibility index (Phi) is 7.55. The quantitative estimate of drug-likeness (QED) is 0.620. The molecule has 2 N–H and O–H groups in total. The Morgan fingerprint density at radius 2 is 2.12 bits per heavy atom. The normalized spacial score (nSPS) is 11.2. The number of nitrogens with zero attached hydrogens (tertiary/aromatic N) is 1. The molecule has 1 unspecified atom stereocenters. The molecule has 0 spiro atoms. The van der Waals surface area contributed by atoms with E-state index in [1.165, 1.54) is 0 Å². The number of pyridine rings is 1. The van der Waals surface area contributed by atoms with Gasteiger partial charge in [0.2, 0.25) is 0 Å². The molecule has 0 aliphatic heterocycles. The van der Waals surface area contributed by atoms with Crippen LogP contribution in [0.5, 0.6) is 0 Å². The van der Waals surface area contributed by atoms with E-state index >= 15 is 0 Å². The second-order valence-corrected chi connectivity index (χ2v) is 4.02. The minimum atomic E-state index is 0.363. The molecule has 0 aliphatic rings. The SMILES string of the molecule is CC.CCC(C)Nc1cc(Cl)ncc1C(C)=N. The number of nitrogens with one attached hydrogen (secondary N) is 2. The zero-order chi connectivity index (χ0) is 13.4. The largest absolute Gasteiger partial charge is 0.382 e. The molecule has 3 nitrogen and oxygen atoms in total. The van der Waals surface area contributed by atoms with Crippen molar-refractivity contribution in [2.75, 3.05) is 5.32 Å². The highest BCUT2D eigenvalue weighted by atomic mass is 35.5. The summed E-state index contributed by atoms with van der Waals surface area (Å²) >= 11 is 5.83. The number of anilines is 1. The summed E-state index contributed by atoms with van der Waals surface area (Å²) < 4.78 is 0. The first-order chi connectivity index (χ1) is 8.04. The van der Waals surface area contributed by atoms with Gasteiger partial charge in [-0.1, -0.05) is 32.4 Å². The van der Waals surface area contributed by atoms with E-state index in [9.17, 15) is 0 Å². The average Bonchev–Trinajstić information content (AvgIpc) is 2.31. The third kappa shape index (κ3) is 5.18. The number of rotatable bonds is 4. The van der Waals surface area contributed by atoms with Crippen LogP contribution in [-0.4, -0.2) is 16.7 Å². The molecule has 0 bridgehead atoms. The van der Waals surface area contributed by atoms with Crippen LogP contribution < -0.4 is 5.32 Å². The predicted molar refractivity (Wildman–Crippen MR) is 76.5 cm³/mol. The maximum Gasteiger partial charge on any atom is 0.131 e. The predicted octanol–water partition coefficient (Wildman–Crippen LogP) is 4.36. The van der Waals surface area contributed by atoms with Gasteiger partial charge in [0.1, 0.15) is 5.15 Å². The van der Waals surface area contributed by atoms with E-state index in [2.05, 4.69) is 24.1 Å². The molecule has 0 saturated carbocycles. The fourth-order valence-electron chi connectivity index (χ4n) is 1.22. The Morgan fingerprint density at radius 3 is 2.59 bits per heavy atom. The topological polar surface area (TPSA) is 48.8 Å². The van der Waals surface area contributed by atoms with Crippen molar-refractivity contribution in [1.29, 1.82) is 5.41 Å². The lowest BCUT2D eigenvalue weighted by Gasteiger charge is -2.16. The fraction of sp³-hybridized carbons (Fsp3) is 0.538. The fourth-order valence-corrected chi connectivity index (χ4v) is 1.37. The molecule has 1 aromatic rings. The van der Waals surface area contributed by atoms with Gasteiger partial charge in [-0.3, -0.25) is 0 Å². The smallest absolute Gasteiger partial charge is 0.131 e. The maximum atomic E-state index is 7.62. The van der Waals surface area contributed by atoms with Crippen LogP contribution in [0.25, 0.3) is 0 Å². The molecule has 96 valence electrons. The van der Waals surface area contributed by atoms with E-state index in [1.807, 2.05) is 13.8 Å². The highest BCUT2D eigenvalue weighted by molar-refractivity contribution is 6.29. The van der Waals surface area contributed by atoms with Gasteiger partial charge in [-0.2, -0.15) is 0 Å². The lowest BCUT2D eigenvalue weighted by molar-refractivity contribution is 0.763. The van der Waals surface area contributed by atoms with Crippen LogP contribution >= 0.6 is 11.6 Å². The highest BCUT2D eigenvalue weighted by Gasteiger charge is 2.08. The summed E-state index contributed by atoms with van der Waals surface area (Å²) in [4.78, 5) is 3.98. The molecule has 1 heterocycles. The van der Waals surface area contributed by atoms with E-state index in [-0.39, 0.29) is 0 Å². The van der Waals surface area contributed by atoms with Crippen LogP contribution in [0.15, 0.2) is 12.3 Å². The van der Waals surface area contributed by atoms with Crippen LogP contribution in [0, 0.1) is 5.41 Å². The highest BCUT2D eigenvalue weighted by Crippen LogP contribution is 2.20. The van der Waals surface area contributed by atoms with Crippen LogP contribution in [-0.2, 0) is 0 Å². The summed E-state index contributed by atoms with van der Waals surface area (Å²) in [5, 5.41) is 11.4. The van der Waals surface area contributed by atoms with Crippen molar-refractivity contribution in [1.82, 2.24) is 4.98 Å². The summed E-state index contributed by atoms with van der Waals surface area (Å²) in [6.07, 6.45) is 2.66. The molecular weight excluding hydrogens is 234 g/mol. The van der Waals surface area contributed by atoms with E-state index < -0.39 is 0 Å². The Bertz CT molecular complexity index is 364. The second-order valence-electron chi connectivity index (χ2n) is 3.63. The number of aromatic nitrogens is 1. The molecule has 1 aromatic heterocycles. The van der Waals surface area contributed by atoms with Gasteiger partial charge in [0, 0.05) is 29.2 Å². The molecule has 0 fully saturated rings. The first-order valence-electron chi connectivity index (χ1n) is 6.02. The van der Waals surface area contributed by atoms with Gasteiger partial charge < -0.3 is 10.7 Å². The van der Waals surface area contributed by atoms with Crippen LogP contribution in [0.1, 0.15) is 46.6 Å². The minimum absolute atomic E-state index is 0.363. The molecule has 1 rings (SSSR count). The van der Waals surface area contributed by atoms with Crippen molar-refractivity contribution >= 4 is 23.0 Å². The van der Waals surface area contributed by atoms with Crippen molar-refractivity contribution in [3.63, 3.8) is 0 Å². The van der Waals surface area contributed by atoms with Gasteiger partial charge in [-0.15, -0.1) is 0 Å². The van der Waals surface area contributed by atoms with Gasteiger partial charge in [0.25, 0.3) is 0 Å². The second kappa shape index (κ2) is 8.07. The van der Waals surface area contributed by atoms with Gasteiger partial charge >= 0.3 is 0 Å². The van der Waals surface area contributed by atoms with Crippen molar-refractivity contribution in [3.05, 3.63) is 23.0 Å². The Balaban J connectivity index is 0.00000121. The lowest BCUT2D eigenvalue weighted by Crippen LogP contribution is -2.16. The van der Waals surface area contributed by atoms with Gasteiger partial charge in [-0.05, 0) is 26.3 Å². The summed E-state index contributed by atoms with van der Waals surface area (Å²) in [6, 6.07) is 2.13. The van der Waals surface area contributed by atoms with E-state index in [1.54, 1.807) is 19.2 Å². The Hall–Kier alpha value is -1.09. The van der Waals surface area contributed by atoms with Gasteiger partial charge in [0.15, 0.2) is 0 Å². The molecule has 17 heavy (non-hydrogen) atoms. The van der Waals surface area contributed by atoms with Gasteiger partial charge in [-0.25, -0.2) is 4.98 Å². The zero-order valence-electron chi connectivity index (χ0n) is 11.3. The monoisotopic (exact) mass is 255 g/mol. The summed E-state index contributed by atoms with van der Waals surface area (Å²) in [5.74, 6) is 0. The van der Waals surface area contributed by atoms with Gasteiger partial charge in [0.05, 0.1) is 0 Å². The van der Waals surface area contributed by atoms with Crippen LogP contribution in [0.3, 0.4) is 0 Å². The third-order valence-electron chi connectivity index (χ3n) is 2.29. The van der Waals surface area contributed by atoms with Crippen molar-refractivity contribution in [3.8, 4) is 0 Å². The zero-order valence-corrected chi connectivity index (χ0v) is 12.0. The minimum Gasteiger partial charge on any atom is -0.382 e. The molecule has 0 radical (unpaired) electrons. The van der Waals surface area contributed by atoms with E-state index in [0.717, 1.165) is 17.7 Å². The third-order valence-corrected chi connectivity index (χ3v) is 2.50. The lowest BCUT2D eigenvalue weighted by atomic mass is 10.1. The number of halogens is 1. The molecule has 0 aromatic carbocycles. The summed E-state index contributed by atoms with van der Waals surface area (Å²) in [7, 11) is 0. The first kappa shape index (κ1) is 15.9. The van der Waals surface area contributed by atoms with Crippen molar-refractivity contribution in [2.45, 2.75) is 47.1 Å². The van der Waals surface area contributed by atoms with Crippen LogP contribution in [0.4, 0.5) is 5.69 Å². The molecule has 0 saturated heterocycles. The molecule has 4 heteroatoms. The maximum absolute atomic E-state index is 7.62. The molecule has 1 atom stereocenters. The standard InChI is InChI=1S/C11H16ClN3.C2H6/c1-4-7(2)15-10-5-11(12)14-6-9(10)8(3)13;1-2/h5-7,13H,4H2,1-3H3,(H,14,15);1-2H3. The van der Waals surface area contributed by atoms with Crippen molar-refractivity contribution < 1.29 is 0 Å². The Labute approximate surface area is 109 Å².